The van der Waals surface area contributed by atoms with E-state index in [2.05, 4.69) is 16.5 Å². The summed E-state index contributed by atoms with van der Waals surface area (Å²) in [6.07, 6.45) is 1.90. The lowest BCUT2D eigenvalue weighted by Gasteiger charge is -2.38. The standard InChI is InChI=1S/C22H31N3O5S2/c1-22(13-15-30-16-14-22)17-25(4)21-8-6-5-7-20(21)23-31(26,27)18-9-11-19(12-10-18)32(28,29)24(2)3/h5-12,23H,13-17H2,1-4H3. The van der Waals surface area contributed by atoms with Crippen molar-refractivity contribution in [3.05, 3.63) is 48.5 Å². The Bertz CT molecular complexity index is 1140. The van der Waals surface area contributed by atoms with Gasteiger partial charge in [-0.3, -0.25) is 4.72 Å². The van der Waals surface area contributed by atoms with Crippen molar-refractivity contribution in [1.82, 2.24) is 4.31 Å². The fourth-order valence-electron chi connectivity index (χ4n) is 3.78. The van der Waals surface area contributed by atoms with E-state index in [0.29, 0.717) is 5.69 Å². The first-order chi connectivity index (χ1) is 14.9. The minimum absolute atomic E-state index is 0.0101. The first-order valence-corrected chi connectivity index (χ1v) is 13.3. The lowest BCUT2D eigenvalue weighted by molar-refractivity contribution is 0.0277. The lowest BCUT2D eigenvalue weighted by atomic mass is 9.82. The Morgan fingerprint density at radius 2 is 1.47 bits per heavy atom. The van der Waals surface area contributed by atoms with Gasteiger partial charge in [0.1, 0.15) is 0 Å². The Labute approximate surface area is 191 Å². The fraction of sp³-hybridized carbons (Fsp3) is 0.455. The van der Waals surface area contributed by atoms with Gasteiger partial charge in [0.05, 0.1) is 21.2 Å². The van der Waals surface area contributed by atoms with Crippen molar-refractivity contribution in [2.75, 3.05) is 50.5 Å². The summed E-state index contributed by atoms with van der Waals surface area (Å²) in [5.74, 6) is 0. The number of hydrogen-bond acceptors (Lipinski definition) is 6. The normalized spacial score (nSPS) is 16.7. The first-order valence-electron chi connectivity index (χ1n) is 10.4. The van der Waals surface area contributed by atoms with E-state index in [1.165, 1.54) is 38.4 Å². The van der Waals surface area contributed by atoms with Crippen molar-refractivity contribution >= 4 is 31.4 Å². The molecule has 32 heavy (non-hydrogen) atoms. The summed E-state index contributed by atoms with van der Waals surface area (Å²) in [5.41, 5.74) is 1.33. The number of para-hydroxylation sites is 2. The molecule has 0 amide bonds. The third-order valence-corrected chi connectivity index (χ3v) is 9.00. The number of hydrogen-bond donors (Lipinski definition) is 1. The Morgan fingerprint density at radius 3 is 2.06 bits per heavy atom. The third kappa shape index (κ3) is 5.43. The predicted octanol–water partition coefficient (Wildman–Crippen LogP) is 2.99. The van der Waals surface area contributed by atoms with E-state index in [4.69, 9.17) is 4.74 Å². The second-order valence-corrected chi connectivity index (χ2v) is 12.5. The molecule has 2 aromatic carbocycles. The quantitative estimate of drug-likeness (QED) is 0.623. The van der Waals surface area contributed by atoms with Gasteiger partial charge >= 0.3 is 0 Å². The molecule has 176 valence electrons. The molecule has 0 aromatic heterocycles. The van der Waals surface area contributed by atoms with Crippen LogP contribution in [0, 0.1) is 5.41 Å². The number of benzene rings is 2. The Hall–Kier alpha value is -2.14. The second kappa shape index (κ2) is 9.38. The van der Waals surface area contributed by atoms with Crippen LogP contribution in [-0.4, -0.2) is 62.0 Å². The summed E-state index contributed by atoms with van der Waals surface area (Å²) >= 11 is 0. The van der Waals surface area contributed by atoms with Gasteiger partial charge in [-0.05, 0) is 54.7 Å². The van der Waals surface area contributed by atoms with E-state index in [-0.39, 0.29) is 15.2 Å². The van der Waals surface area contributed by atoms with Crippen molar-refractivity contribution in [1.29, 1.82) is 0 Å². The van der Waals surface area contributed by atoms with Crippen LogP contribution in [-0.2, 0) is 24.8 Å². The van der Waals surface area contributed by atoms with E-state index < -0.39 is 20.0 Å². The molecule has 0 spiro atoms. The zero-order chi connectivity index (χ0) is 23.6. The van der Waals surface area contributed by atoms with Crippen LogP contribution >= 0.6 is 0 Å². The minimum atomic E-state index is -3.91. The maximum absolute atomic E-state index is 13.0. The van der Waals surface area contributed by atoms with Crippen molar-refractivity contribution < 1.29 is 21.6 Å². The highest BCUT2D eigenvalue weighted by molar-refractivity contribution is 7.92. The highest BCUT2D eigenvalue weighted by Gasteiger charge is 2.29. The number of rotatable bonds is 8. The summed E-state index contributed by atoms with van der Waals surface area (Å²) in [4.78, 5) is 2.09. The largest absolute Gasteiger partial charge is 0.381 e. The van der Waals surface area contributed by atoms with E-state index in [9.17, 15) is 16.8 Å². The number of sulfonamides is 2. The highest BCUT2D eigenvalue weighted by atomic mass is 32.2. The molecule has 0 radical (unpaired) electrons. The number of nitrogens with one attached hydrogen (secondary N) is 1. The van der Waals surface area contributed by atoms with Crippen LogP contribution in [0.3, 0.4) is 0 Å². The predicted molar refractivity (Wildman–Crippen MR) is 126 cm³/mol. The molecule has 2 aromatic rings. The van der Waals surface area contributed by atoms with Crippen LogP contribution in [0.1, 0.15) is 19.8 Å². The topological polar surface area (TPSA) is 96.0 Å². The fourth-order valence-corrected chi connectivity index (χ4v) is 5.75. The Morgan fingerprint density at radius 1 is 0.906 bits per heavy atom. The van der Waals surface area contributed by atoms with Crippen molar-refractivity contribution in [3.8, 4) is 0 Å². The highest BCUT2D eigenvalue weighted by Crippen LogP contribution is 2.34. The van der Waals surface area contributed by atoms with E-state index >= 15 is 0 Å². The molecule has 0 aliphatic carbocycles. The Balaban J connectivity index is 1.82. The van der Waals surface area contributed by atoms with Crippen LogP contribution in [0.25, 0.3) is 0 Å². The molecular formula is C22H31N3O5S2. The zero-order valence-electron chi connectivity index (χ0n) is 18.9. The van der Waals surface area contributed by atoms with Crippen molar-refractivity contribution in [2.45, 2.75) is 29.6 Å². The lowest BCUT2D eigenvalue weighted by Crippen LogP contribution is -2.38. The molecule has 1 saturated heterocycles. The van der Waals surface area contributed by atoms with E-state index in [1.807, 2.05) is 19.2 Å². The first kappa shape index (κ1) is 24.5. The summed E-state index contributed by atoms with van der Waals surface area (Å²) in [6.45, 7) is 4.46. The van der Waals surface area contributed by atoms with Gasteiger partial charge in [-0.1, -0.05) is 19.1 Å². The molecule has 0 saturated carbocycles. The van der Waals surface area contributed by atoms with Crippen LogP contribution in [0.2, 0.25) is 0 Å². The molecule has 10 heteroatoms. The van der Waals surface area contributed by atoms with Gasteiger partial charge < -0.3 is 9.64 Å². The summed E-state index contributed by atoms with van der Waals surface area (Å²) in [7, 11) is -2.73. The van der Waals surface area contributed by atoms with E-state index in [0.717, 1.165) is 42.6 Å². The smallest absolute Gasteiger partial charge is 0.261 e. The van der Waals surface area contributed by atoms with Crippen molar-refractivity contribution in [3.63, 3.8) is 0 Å². The molecule has 1 fully saturated rings. The molecular weight excluding hydrogens is 450 g/mol. The average molecular weight is 482 g/mol. The van der Waals surface area contributed by atoms with Gasteiger partial charge in [-0.2, -0.15) is 0 Å². The number of nitrogens with zero attached hydrogens (tertiary/aromatic N) is 2. The monoisotopic (exact) mass is 481 g/mol. The molecule has 0 bridgehead atoms. The van der Waals surface area contributed by atoms with Crippen LogP contribution in [0.15, 0.2) is 58.3 Å². The van der Waals surface area contributed by atoms with Gasteiger partial charge in [0.15, 0.2) is 0 Å². The molecule has 1 aliphatic rings. The second-order valence-electron chi connectivity index (χ2n) is 8.66. The molecule has 1 aliphatic heterocycles. The zero-order valence-corrected chi connectivity index (χ0v) is 20.5. The van der Waals surface area contributed by atoms with E-state index in [1.54, 1.807) is 12.1 Å². The Kier molecular flexibility index (Phi) is 7.18. The van der Waals surface area contributed by atoms with Gasteiger partial charge in [0, 0.05) is 40.9 Å². The minimum Gasteiger partial charge on any atom is -0.381 e. The molecule has 0 unspecified atom stereocenters. The molecule has 0 atom stereocenters. The summed E-state index contributed by atoms with van der Waals surface area (Å²) < 4.78 is 59.7. The molecule has 8 nitrogen and oxygen atoms in total. The summed E-state index contributed by atoms with van der Waals surface area (Å²) in [5, 5.41) is 0. The van der Waals surface area contributed by atoms with Crippen LogP contribution in [0.5, 0.6) is 0 Å². The SMILES string of the molecule is CN(CC1(C)CCOCC1)c1ccccc1NS(=O)(=O)c1ccc(S(=O)(=O)N(C)C)cc1. The van der Waals surface area contributed by atoms with Gasteiger partial charge in [-0.25, -0.2) is 21.1 Å². The maximum atomic E-state index is 13.0. The number of ether oxygens (including phenoxy) is 1. The van der Waals surface area contributed by atoms with Crippen LogP contribution in [0.4, 0.5) is 11.4 Å². The average Bonchev–Trinajstić information content (AvgIpc) is 2.74. The molecule has 1 heterocycles. The molecule has 3 rings (SSSR count). The van der Waals surface area contributed by atoms with Gasteiger partial charge in [-0.15, -0.1) is 0 Å². The third-order valence-electron chi connectivity index (χ3n) is 5.79. The van der Waals surface area contributed by atoms with Gasteiger partial charge in [0.2, 0.25) is 10.0 Å². The maximum Gasteiger partial charge on any atom is 0.261 e. The van der Waals surface area contributed by atoms with Crippen molar-refractivity contribution in [2.24, 2.45) is 5.41 Å². The van der Waals surface area contributed by atoms with Crippen LogP contribution < -0.4 is 9.62 Å². The molecule has 1 N–H and O–H groups in total. The van der Waals surface area contributed by atoms with Gasteiger partial charge in [0.25, 0.3) is 10.0 Å². The number of anilines is 2. The summed E-state index contributed by atoms with van der Waals surface area (Å²) in [6, 6.07) is 12.5.